The first-order valence-corrected chi connectivity index (χ1v) is 5.25. The zero-order chi connectivity index (χ0) is 12.6. The highest BCUT2D eigenvalue weighted by Crippen LogP contribution is 2.28. The first-order chi connectivity index (χ1) is 8.00. The minimum Gasteiger partial charge on any atom is -0.475 e. The lowest BCUT2D eigenvalue weighted by molar-refractivity contribution is 0.0663. The van der Waals surface area contributed by atoms with Crippen LogP contribution in [0.2, 0.25) is 0 Å². The quantitative estimate of drug-likeness (QED) is 0.863. The molecule has 0 radical (unpaired) electrons. The van der Waals surface area contributed by atoms with Gasteiger partial charge >= 0.3 is 5.97 Å². The van der Waals surface area contributed by atoms with Gasteiger partial charge in [-0.05, 0) is 43.5 Å². The summed E-state index contributed by atoms with van der Waals surface area (Å²) in [6.45, 7) is 5.94. The summed E-state index contributed by atoms with van der Waals surface area (Å²) in [4.78, 5) is 15.0. The van der Waals surface area contributed by atoms with Crippen molar-refractivity contribution >= 4 is 5.97 Å². The maximum absolute atomic E-state index is 11.0. The van der Waals surface area contributed by atoms with Crippen LogP contribution in [0.4, 0.5) is 0 Å². The Labute approximate surface area is 98.9 Å². The first kappa shape index (κ1) is 11.4. The second kappa shape index (κ2) is 4.05. The molecule has 1 N–H and O–H groups in total. The van der Waals surface area contributed by atoms with Gasteiger partial charge in [-0.25, -0.2) is 9.78 Å². The average molecular weight is 231 g/mol. The van der Waals surface area contributed by atoms with E-state index in [2.05, 4.69) is 4.98 Å². The number of aromatic carboxylic acids is 1. The van der Waals surface area contributed by atoms with Crippen molar-refractivity contribution in [3.05, 3.63) is 41.0 Å². The molecule has 2 aromatic rings. The van der Waals surface area contributed by atoms with Gasteiger partial charge in [-0.15, -0.1) is 0 Å². The molecule has 0 unspecified atom stereocenters. The second-order valence-corrected chi connectivity index (χ2v) is 4.09. The van der Waals surface area contributed by atoms with Gasteiger partial charge in [-0.3, -0.25) is 0 Å². The summed E-state index contributed by atoms with van der Waals surface area (Å²) in [7, 11) is 0. The van der Waals surface area contributed by atoms with Gasteiger partial charge in [0, 0.05) is 5.56 Å². The fourth-order valence-corrected chi connectivity index (χ4v) is 1.81. The highest BCUT2D eigenvalue weighted by atomic mass is 16.4. The third kappa shape index (κ3) is 1.93. The zero-order valence-electron chi connectivity index (χ0n) is 9.94. The fourth-order valence-electron chi connectivity index (χ4n) is 1.81. The maximum atomic E-state index is 11.0. The zero-order valence-corrected chi connectivity index (χ0v) is 9.94. The first-order valence-electron chi connectivity index (χ1n) is 5.25. The van der Waals surface area contributed by atoms with Gasteiger partial charge in [-0.2, -0.15) is 0 Å². The van der Waals surface area contributed by atoms with Crippen LogP contribution in [0.1, 0.15) is 27.2 Å². The lowest BCUT2D eigenvalue weighted by atomic mass is 9.98. The fraction of sp³-hybridized carbons (Fsp3) is 0.231. The molecule has 0 atom stereocenters. The number of nitrogens with zero attached hydrogens (tertiary/aromatic N) is 1. The summed E-state index contributed by atoms with van der Waals surface area (Å²) >= 11 is 0. The molecule has 0 fully saturated rings. The number of benzene rings is 1. The summed E-state index contributed by atoms with van der Waals surface area (Å²) in [5.41, 5.74) is 4.46. The number of carboxylic acid groups (broad SMARTS) is 1. The summed E-state index contributed by atoms with van der Waals surface area (Å²) < 4.78 is 4.89. The second-order valence-electron chi connectivity index (χ2n) is 4.09. The predicted octanol–water partition coefficient (Wildman–Crippen LogP) is 2.97. The van der Waals surface area contributed by atoms with Crippen LogP contribution in [-0.4, -0.2) is 16.1 Å². The standard InChI is InChI=1S/C13H13NO3/c1-7-4-9(3)10(5-8(7)2)11-12(13(15)16)17-6-14-11/h4-6H,1-3H3,(H,15,16). The van der Waals surface area contributed by atoms with Gasteiger partial charge in [0.05, 0.1) is 0 Å². The van der Waals surface area contributed by atoms with Gasteiger partial charge in [0.1, 0.15) is 5.69 Å². The third-order valence-electron chi connectivity index (χ3n) is 2.86. The van der Waals surface area contributed by atoms with Gasteiger partial charge in [0.2, 0.25) is 5.76 Å². The van der Waals surface area contributed by atoms with Crippen LogP contribution in [0.3, 0.4) is 0 Å². The Bertz CT molecular complexity index is 584. The van der Waals surface area contributed by atoms with Gasteiger partial charge < -0.3 is 9.52 Å². The molecule has 1 aromatic heterocycles. The van der Waals surface area contributed by atoms with E-state index in [4.69, 9.17) is 9.52 Å². The van der Waals surface area contributed by atoms with Crippen LogP contribution in [-0.2, 0) is 0 Å². The van der Waals surface area contributed by atoms with Crippen LogP contribution in [0.15, 0.2) is 22.9 Å². The summed E-state index contributed by atoms with van der Waals surface area (Å²) in [6.07, 6.45) is 1.16. The monoisotopic (exact) mass is 231 g/mol. The molecule has 17 heavy (non-hydrogen) atoms. The van der Waals surface area contributed by atoms with Crippen molar-refractivity contribution in [2.45, 2.75) is 20.8 Å². The van der Waals surface area contributed by atoms with Crippen molar-refractivity contribution in [1.29, 1.82) is 0 Å². The van der Waals surface area contributed by atoms with Crippen molar-refractivity contribution in [3.8, 4) is 11.3 Å². The van der Waals surface area contributed by atoms with E-state index in [-0.39, 0.29) is 5.76 Å². The molecule has 0 saturated heterocycles. The number of aryl methyl sites for hydroxylation is 3. The SMILES string of the molecule is Cc1cc(C)c(-c2ncoc2C(=O)O)cc1C. The molecule has 0 aliphatic heterocycles. The molecule has 4 heteroatoms. The number of hydrogen-bond donors (Lipinski definition) is 1. The minimum atomic E-state index is -1.10. The van der Waals surface area contributed by atoms with Crippen molar-refractivity contribution in [2.24, 2.45) is 0 Å². The van der Waals surface area contributed by atoms with E-state index in [1.807, 2.05) is 32.9 Å². The molecule has 1 aromatic carbocycles. The lowest BCUT2D eigenvalue weighted by Crippen LogP contribution is -1.98. The van der Waals surface area contributed by atoms with E-state index >= 15 is 0 Å². The number of aromatic nitrogens is 1. The van der Waals surface area contributed by atoms with E-state index < -0.39 is 5.97 Å². The molecule has 0 spiro atoms. The lowest BCUT2D eigenvalue weighted by Gasteiger charge is -2.07. The van der Waals surface area contributed by atoms with Gasteiger partial charge in [0.15, 0.2) is 6.39 Å². The Balaban J connectivity index is 2.64. The van der Waals surface area contributed by atoms with Crippen molar-refractivity contribution in [1.82, 2.24) is 4.98 Å². The van der Waals surface area contributed by atoms with E-state index in [0.717, 1.165) is 23.1 Å². The van der Waals surface area contributed by atoms with Crippen LogP contribution in [0, 0.1) is 20.8 Å². The highest BCUT2D eigenvalue weighted by molar-refractivity contribution is 5.92. The molecule has 2 rings (SSSR count). The molecule has 0 bridgehead atoms. The Morgan fingerprint density at radius 1 is 1.18 bits per heavy atom. The highest BCUT2D eigenvalue weighted by Gasteiger charge is 2.19. The van der Waals surface area contributed by atoms with Crippen LogP contribution >= 0.6 is 0 Å². The number of carbonyl (C=O) groups is 1. The molecule has 88 valence electrons. The molecule has 0 amide bonds. The average Bonchev–Trinajstić information content (AvgIpc) is 2.72. The topological polar surface area (TPSA) is 63.3 Å². The third-order valence-corrected chi connectivity index (χ3v) is 2.86. The largest absolute Gasteiger partial charge is 0.475 e. The molecule has 0 saturated carbocycles. The molecular formula is C13H13NO3. The van der Waals surface area contributed by atoms with Crippen molar-refractivity contribution < 1.29 is 14.3 Å². The Hall–Kier alpha value is -2.10. The normalized spacial score (nSPS) is 10.5. The van der Waals surface area contributed by atoms with E-state index in [9.17, 15) is 4.79 Å². The number of oxazole rings is 1. The van der Waals surface area contributed by atoms with Gasteiger partial charge in [-0.1, -0.05) is 6.07 Å². The van der Waals surface area contributed by atoms with Crippen molar-refractivity contribution in [2.75, 3.05) is 0 Å². The Morgan fingerprint density at radius 3 is 2.47 bits per heavy atom. The Kier molecular flexibility index (Phi) is 2.71. The summed E-state index contributed by atoms with van der Waals surface area (Å²) in [5, 5.41) is 9.00. The van der Waals surface area contributed by atoms with Crippen LogP contribution in [0.5, 0.6) is 0 Å². The van der Waals surface area contributed by atoms with E-state index in [1.54, 1.807) is 0 Å². The summed E-state index contributed by atoms with van der Waals surface area (Å²) in [5.74, 6) is -1.22. The molecule has 0 aliphatic carbocycles. The summed E-state index contributed by atoms with van der Waals surface area (Å²) in [6, 6.07) is 3.96. The number of rotatable bonds is 2. The van der Waals surface area contributed by atoms with E-state index in [0.29, 0.717) is 5.69 Å². The van der Waals surface area contributed by atoms with Crippen LogP contribution in [0.25, 0.3) is 11.3 Å². The maximum Gasteiger partial charge on any atom is 0.374 e. The molecule has 0 aliphatic rings. The van der Waals surface area contributed by atoms with Gasteiger partial charge in [0.25, 0.3) is 0 Å². The Morgan fingerprint density at radius 2 is 1.82 bits per heavy atom. The van der Waals surface area contributed by atoms with Crippen molar-refractivity contribution in [3.63, 3.8) is 0 Å². The molecule has 4 nitrogen and oxygen atoms in total. The van der Waals surface area contributed by atoms with E-state index in [1.165, 1.54) is 5.56 Å². The van der Waals surface area contributed by atoms with Crippen LogP contribution < -0.4 is 0 Å². The number of hydrogen-bond acceptors (Lipinski definition) is 3. The number of carboxylic acids is 1. The predicted molar refractivity (Wildman–Crippen MR) is 63.1 cm³/mol. The minimum absolute atomic E-state index is 0.114. The molecular weight excluding hydrogens is 218 g/mol. The molecule has 1 heterocycles. The smallest absolute Gasteiger partial charge is 0.374 e.